The summed E-state index contributed by atoms with van der Waals surface area (Å²) >= 11 is 11.8. The summed E-state index contributed by atoms with van der Waals surface area (Å²) in [5.74, 6) is 0.242. The molecule has 2 rings (SSSR count). The smallest absolute Gasteiger partial charge is 0.255 e. The third-order valence-corrected chi connectivity index (χ3v) is 3.57. The molecule has 1 N–H and O–H groups in total. The van der Waals surface area contributed by atoms with E-state index in [1.54, 1.807) is 18.2 Å². The molecule has 2 aromatic carbocycles. The third kappa shape index (κ3) is 3.28. The molecule has 0 heterocycles. The third-order valence-electron chi connectivity index (χ3n) is 2.85. The van der Waals surface area contributed by atoms with Crippen LogP contribution in [0.15, 0.2) is 42.5 Å². The van der Waals surface area contributed by atoms with Gasteiger partial charge in [-0.1, -0.05) is 29.8 Å². The minimum atomic E-state index is -0.174. The first-order chi connectivity index (χ1) is 9.11. The average molecular weight is 294 g/mol. The van der Waals surface area contributed by atoms with Crippen molar-refractivity contribution in [2.75, 3.05) is 5.32 Å². The lowest BCUT2D eigenvalue weighted by molar-refractivity contribution is 0.102. The van der Waals surface area contributed by atoms with Gasteiger partial charge >= 0.3 is 0 Å². The molecule has 0 saturated heterocycles. The van der Waals surface area contributed by atoms with Crippen LogP contribution in [0.2, 0.25) is 5.02 Å². The molecule has 0 aliphatic rings. The van der Waals surface area contributed by atoms with Crippen LogP contribution in [0, 0.1) is 6.92 Å². The summed E-state index contributed by atoms with van der Waals surface area (Å²) < 4.78 is 0. The van der Waals surface area contributed by atoms with Crippen LogP contribution in [0.4, 0.5) is 5.69 Å². The number of benzene rings is 2. The van der Waals surface area contributed by atoms with Crippen LogP contribution in [-0.2, 0) is 5.88 Å². The van der Waals surface area contributed by atoms with Crippen LogP contribution < -0.4 is 5.32 Å². The number of hydrogen-bond donors (Lipinski definition) is 1. The molecule has 0 saturated carbocycles. The zero-order valence-electron chi connectivity index (χ0n) is 10.4. The van der Waals surface area contributed by atoms with Gasteiger partial charge in [0, 0.05) is 22.2 Å². The predicted molar refractivity (Wildman–Crippen MR) is 80.1 cm³/mol. The van der Waals surface area contributed by atoms with E-state index < -0.39 is 0 Å². The second-order valence-electron chi connectivity index (χ2n) is 4.20. The number of hydrogen-bond acceptors (Lipinski definition) is 1. The molecule has 0 fully saturated rings. The van der Waals surface area contributed by atoms with E-state index in [9.17, 15) is 4.79 Å². The second-order valence-corrected chi connectivity index (χ2v) is 4.87. The van der Waals surface area contributed by atoms with Gasteiger partial charge < -0.3 is 5.32 Å². The van der Waals surface area contributed by atoms with Crippen LogP contribution in [-0.4, -0.2) is 5.91 Å². The number of carbonyl (C=O) groups is 1. The number of rotatable bonds is 3. The van der Waals surface area contributed by atoms with Crippen molar-refractivity contribution in [2.24, 2.45) is 0 Å². The largest absolute Gasteiger partial charge is 0.322 e. The van der Waals surface area contributed by atoms with Crippen molar-refractivity contribution in [3.63, 3.8) is 0 Å². The molecule has 1 amide bonds. The summed E-state index contributed by atoms with van der Waals surface area (Å²) in [4.78, 5) is 12.2. The van der Waals surface area contributed by atoms with Gasteiger partial charge in [0.25, 0.3) is 5.91 Å². The molecule has 2 aromatic rings. The highest BCUT2D eigenvalue weighted by Gasteiger charge is 2.11. The molecule has 0 bridgehead atoms. The topological polar surface area (TPSA) is 29.1 Å². The van der Waals surface area contributed by atoms with Crippen molar-refractivity contribution in [2.45, 2.75) is 12.8 Å². The molecule has 0 aliphatic carbocycles. The second kappa shape index (κ2) is 6.09. The first-order valence-electron chi connectivity index (χ1n) is 5.83. The SMILES string of the molecule is Cc1c(Cl)cccc1C(=O)Nc1cccc(CCl)c1. The Kier molecular flexibility index (Phi) is 4.46. The highest BCUT2D eigenvalue weighted by atomic mass is 35.5. The van der Waals surface area contributed by atoms with Crippen LogP contribution in [0.3, 0.4) is 0 Å². The van der Waals surface area contributed by atoms with Crippen molar-refractivity contribution in [1.82, 2.24) is 0 Å². The number of nitrogens with one attached hydrogen (secondary N) is 1. The molecule has 0 aliphatic heterocycles. The van der Waals surface area contributed by atoms with E-state index in [-0.39, 0.29) is 5.91 Å². The minimum absolute atomic E-state index is 0.174. The van der Waals surface area contributed by atoms with E-state index in [0.717, 1.165) is 16.8 Å². The predicted octanol–water partition coefficient (Wildman–Crippen LogP) is 4.64. The number of anilines is 1. The standard InChI is InChI=1S/C15H13Cl2NO/c1-10-13(6-3-7-14(10)17)15(19)18-12-5-2-4-11(8-12)9-16/h2-8H,9H2,1H3,(H,18,19). The zero-order chi connectivity index (χ0) is 13.8. The van der Waals surface area contributed by atoms with Gasteiger partial charge in [0.2, 0.25) is 0 Å². The Morgan fingerprint density at radius 2 is 1.95 bits per heavy atom. The summed E-state index contributed by atoms with van der Waals surface area (Å²) in [5.41, 5.74) is 3.03. The molecule has 0 aromatic heterocycles. The lowest BCUT2D eigenvalue weighted by atomic mass is 10.1. The van der Waals surface area contributed by atoms with E-state index in [4.69, 9.17) is 23.2 Å². The van der Waals surface area contributed by atoms with Crippen LogP contribution >= 0.6 is 23.2 Å². The lowest BCUT2D eigenvalue weighted by Gasteiger charge is -2.09. The van der Waals surface area contributed by atoms with Crippen molar-refractivity contribution in [3.8, 4) is 0 Å². The lowest BCUT2D eigenvalue weighted by Crippen LogP contribution is -2.13. The van der Waals surface area contributed by atoms with Crippen molar-refractivity contribution < 1.29 is 4.79 Å². The number of carbonyl (C=O) groups excluding carboxylic acids is 1. The molecule has 0 spiro atoms. The Bertz CT molecular complexity index is 611. The van der Waals surface area contributed by atoms with Gasteiger partial charge in [0.05, 0.1) is 0 Å². The molecule has 2 nitrogen and oxygen atoms in total. The van der Waals surface area contributed by atoms with Gasteiger partial charge in [-0.15, -0.1) is 11.6 Å². The summed E-state index contributed by atoms with van der Waals surface area (Å²) in [6.45, 7) is 1.83. The van der Waals surface area contributed by atoms with Gasteiger partial charge in [0.15, 0.2) is 0 Å². The van der Waals surface area contributed by atoms with E-state index in [0.29, 0.717) is 16.5 Å². The Morgan fingerprint density at radius 3 is 2.68 bits per heavy atom. The number of halogens is 2. The van der Waals surface area contributed by atoms with Crippen LogP contribution in [0.25, 0.3) is 0 Å². The molecular weight excluding hydrogens is 281 g/mol. The first-order valence-corrected chi connectivity index (χ1v) is 6.74. The van der Waals surface area contributed by atoms with E-state index in [1.807, 2.05) is 31.2 Å². The molecule has 0 atom stereocenters. The van der Waals surface area contributed by atoms with Gasteiger partial charge in [-0.25, -0.2) is 0 Å². The van der Waals surface area contributed by atoms with Crippen molar-refractivity contribution in [3.05, 3.63) is 64.2 Å². The van der Waals surface area contributed by atoms with Crippen molar-refractivity contribution in [1.29, 1.82) is 0 Å². The minimum Gasteiger partial charge on any atom is -0.322 e. The van der Waals surface area contributed by atoms with Gasteiger partial charge in [-0.3, -0.25) is 4.79 Å². The summed E-state index contributed by atoms with van der Waals surface area (Å²) in [7, 11) is 0. The highest BCUT2D eigenvalue weighted by Crippen LogP contribution is 2.20. The van der Waals surface area contributed by atoms with Gasteiger partial charge in [-0.05, 0) is 42.3 Å². The monoisotopic (exact) mass is 293 g/mol. The first kappa shape index (κ1) is 13.9. The van der Waals surface area contributed by atoms with E-state index >= 15 is 0 Å². The number of alkyl halides is 1. The van der Waals surface area contributed by atoms with E-state index in [2.05, 4.69) is 5.32 Å². The van der Waals surface area contributed by atoms with Gasteiger partial charge in [0.1, 0.15) is 0 Å². The number of amides is 1. The van der Waals surface area contributed by atoms with Crippen molar-refractivity contribution >= 4 is 34.8 Å². The van der Waals surface area contributed by atoms with Gasteiger partial charge in [-0.2, -0.15) is 0 Å². The average Bonchev–Trinajstić information content (AvgIpc) is 2.42. The quantitative estimate of drug-likeness (QED) is 0.821. The van der Waals surface area contributed by atoms with Crippen LogP contribution in [0.1, 0.15) is 21.5 Å². The summed E-state index contributed by atoms with van der Waals surface area (Å²) in [5, 5.41) is 3.43. The summed E-state index contributed by atoms with van der Waals surface area (Å²) in [6.07, 6.45) is 0. The molecule has 0 radical (unpaired) electrons. The summed E-state index contributed by atoms with van der Waals surface area (Å²) in [6, 6.07) is 12.7. The molecular formula is C15H13Cl2NO. The highest BCUT2D eigenvalue weighted by molar-refractivity contribution is 6.32. The molecule has 98 valence electrons. The maximum atomic E-state index is 12.2. The Balaban J connectivity index is 2.23. The Hall–Kier alpha value is -1.51. The maximum Gasteiger partial charge on any atom is 0.255 e. The fourth-order valence-corrected chi connectivity index (χ4v) is 2.12. The zero-order valence-corrected chi connectivity index (χ0v) is 11.9. The Morgan fingerprint density at radius 1 is 1.21 bits per heavy atom. The van der Waals surface area contributed by atoms with E-state index in [1.165, 1.54) is 0 Å². The Labute approximate surface area is 122 Å². The maximum absolute atomic E-state index is 12.2. The van der Waals surface area contributed by atoms with Crippen LogP contribution in [0.5, 0.6) is 0 Å². The molecule has 0 unspecified atom stereocenters. The molecule has 19 heavy (non-hydrogen) atoms. The fraction of sp³-hybridized carbons (Fsp3) is 0.133. The fourth-order valence-electron chi connectivity index (χ4n) is 1.78. The molecule has 4 heteroatoms. The normalized spacial score (nSPS) is 10.3.